The fourth-order valence-corrected chi connectivity index (χ4v) is 2.07. The number of benzene rings is 1. The van der Waals surface area contributed by atoms with Crippen LogP contribution in [0.15, 0.2) is 24.4 Å². The molecule has 0 saturated heterocycles. The van der Waals surface area contributed by atoms with Crippen molar-refractivity contribution in [3.05, 3.63) is 35.1 Å². The van der Waals surface area contributed by atoms with Crippen molar-refractivity contribution in [3.63, 3.8) is 0 Å². The number of imidazole rings is 1. The van der Waals surface area contributed by atoms with Gasteiger partial charge in [-0.3, -0.25) is 0 Å². The molecule has 0 aliphatic heterocycles. The summed E-state index contributed by atoms with van der Waals surface area (Å²) in [4.78, 5) is 4.58. The van der Waals surface area contributed by atoms with Gasteiger partial charge in [0.2, 0.25) is 0 Å². The zero-order valence-electron chi connectivity index (χ0n) is 10.7. The first-order valence-electron chi connectivity index (χ1n) is 5.66. The first kappa shape index (κ1) is 12.9. The highest BCUT2D eigenvalue weighted by Crippen LogP contribution is 2.31. The van der Waals surface area contributed by atoms with Crippen molar-refractivity contribution < 1.29 is 4.74 Å². The summed E-state index contributed by atoms with van der Waals surface area (Å²) in [5.74, 6) is 1.61. The van der Waals surface area contributed by atoms with Crippen molar-refractivity contribution >= 4 is 11.6 Å². The third-order valence-corrected chi connectivity index (χ3v) is 2.92. The molecule has 1 heterocycles. The Bertz CT molecular complexity index is 551. The molecule has 0 bridgehead atoms. The van der Waals surface area contributed by atoms with Gasteiger partial charge >= 0.3 is 0 Å². The zero-order valence-corrected chi connectivity index (χ0v) is 11.5. The highest BCUT2D eigenvalue weighted by molar-refractivity contribution is 6.30. The number of nitrogens with zero attached hydrogens (tertiary/aromatic N) is 2. The van der Waals surface area contributed by atoms with Crippen LogP contribution in [0.25, 0.3) is 11.4 Å². The van der Waals surface area contributed by atoms with Crippen LogP contribution in [0.4, 0.5) is 0 Å². The van der Waals surface area contributed by atoms with Crippen LogP contribution in [0.3, 0.4) is 0 Å². The van der Waals surface area contributed by atoms with Crippen LogP contribution in [-0.2, 0) is 13.6 Å². The van der Waals surface area contributed by atoms with Gasteiger partial charge in [0.25, 0.3) is 0 Å². The van der Waals surface area contributed by atoms with E-state index in [0.29, 0.717) is 5.02 Å². The minimum Gasteiger partial charge on any atom is -0.496 e. The van der Waals surface area contributed by atoms with Gasteiger partial charge in [-0.1, -0.05) is 11.6 Å². The van der Waals surface area contributed by atoms with Crippen molar-refractivity contribution in [2.24, 2.45) is 7.05 Å². The average molecular weight is 266 g/mol. The normalized spacial score (nSPS) is 10.7. The van der Waals surface area contributed by atoms with Gasteiger partial charge in [-0.05, 0) is 25.2 Å². The molecule has 0 aliphatic carbocycles. The molecule has 0 atom stereocenters. The quantitative estimate of drug-likeness (QED) is 0.923. The zero-order chi connectivity index (χ0) is 13.1. The lowest BCUT2D eigenvalue weighted by atomic mass is 10.2. The molecule has 0 aliphatic rings. The van der Waals surface area contributed by atoms with Gasteiger partial charge in [0.05, 0.1) is 18.4 Å². The molecule has 0 spiro atoms. The topological polar surface area (TPSA) is 39.1 Å². The van der Waals surface area contributed by atoms with E-state index in [1.54, 1.807) is 13.2 Å². The van der Waals surface area contributed by atoms with Crippen LogP contribution in [0.5, 0.6) is 5.75 Å². The van der Waals surface area contributed by atoms with Crippen LogP contribution in [0.1, 0.15) is 5.69 Å². The van der Waals surface area contributed by atoms with E-state index in [4.69, 9.17) is 16.3 Å². The molecule has 18 heavy (non-hydrogen) atoms. The maximum absolute atomic E-state index is 6.04. The number of rotatable bonds is 4. The molecule has 0 radical (unpaired) electrons. The van der Waals surface area contributed by atoms with Crippen LogP contribution < -0.4 is 10.1 Å². The Kier molecular flexibility index (Phi) is 3.89. The van der Waals surface area contributed by atoms with Gasteiger partial charge in [-0.2, -0.15) is 0 Å². The molecule has 1 aromatic heterocycles. The summed E-state index contributed by atoms with van der Waals surface area (Å²) in [6.07, 6.45) is 1.99. The number of methoxy groups -OCH3 is 1. The molecule has 2 rings (SSSR count). The fourth-order valence-electron chi connectivity index (χ4n) is 1.90. The van der Waals surface area contributed by atoms with Crippen LogP contribution >= 0.6 is 11.6 Å². The van der Waals surface area contributed by atoms with E-state index < -0.39 is 0 Å². The van der Waals surface area contributed by atoms with Gasteiger partial charge in [-0.15, -0.1) is 0 Å². The molecular weight excluding hydrogens is 250 g/mol. The third kappa shape index (κ3) is 2.49. The highest BCUT2D eigenvalue weighted by atomic mass is 35.5. The fraction of sp³-hybridized carbons (Fsp3) is 0.308. The second-order valence-corrected chi connectivity index (χ2v) is 4.48. The molecule has 0 saturated carbocycles. The maximum atomic E-state index is 6.04. The summed E-state index contributed by atoms with van der Waals surface area (Å²) < 4.78 is 7.32. The van der Waals surface area contributed by atoms with Crippen LogP contribution in [-0.4, -0.2) is 23.7 Å². The van der Waals surface area contributed by atoms with Gasteiger partial charge in [-0.25, -0.2) is 4.98 Å². The van der Waals surface area contributed by atoms with Gasteiger partial charge in [0.1, 0.15) is 11.6 Å². The van der Waals surface area contributed by atoms with Crippen LogP contribution in [0, 0.1) is 0 Å². The molecule has 0 unspecified atom stereocenters. The molecule has 0 amide bonds. The molecule has 5 heteroatoms. The largest absolute Gasteiger partial charge is 0.496 e. The third-order valence-electron chi connectivity index (χ3n) is 2.69. The summed E-state index contributed by atoms with van der Waals surface area (Å²) in [5.41, 5.74) is 1.88. The summed E-state index contributed by atoms with van der Waals surface area (Å²) in [5, 5.41) is 3.75. The summed E-state index contributed by atoms with van der Waals surface area (Å²) >= 11 is 6.04. The Morgan fingerprint density at radius 1 is 1.44 bits per heavy atom. The number of aryl methyl sites for hydroxylation is 1. The Morgan fingerprint density at radius 2 is 2.22 bits per heavy atom. The first-order chi connectivity index (χ1) is 8.65. The number of nitrogens with one attached hydrogen (secondary N) is 1. The predicted molar refractivity (Wildman–Crippen MR) is 73.0 cm³/mol. The lowest BCUT2D eigenvalue weighted by Gasteiger charge is -2.08. The monoisotopic (exact) mass is 265 g/mol. The number of hydrogen-bond acceptors (Lipinski definition) is 3. The molecule has 1 aromatic carbocycles. The van der Waals surface area contributed by atoms with Gasteiger partial charge < -0.3 is 14.6 Å². The van der Waals surface area contributed by atoms with Crippen molar-refractivity contribution in [2.45, 2.75) is 6.54 Å². The number of halogens is 1. The lowest BCUT2D eigenvalue weighted by Crippen LogP contribution is -2.04. The minimum atomic E-state index is 0.670. The Morgan fingerprint density at radius 3 is 2.89 bits per heavy atom. The number of hydrogen-bond donors (Lipinski definition) is 1. The van der Waals surface area contributed by atoms with Crippen LogP contribution in [0.2, 0.25) is 5.02 Å². The second-order valence-electron chi connectivity index (χ2n) is 4.04. The van der Waals surface area contributed by atoms with E-state index in [2.05, 4.69) is 10.3 Å². The highest BCUT2D eigenvalue weighted by Gasteiger charge is 2.13. The van der Waals surface area contributed by atoms with E-state index in [-0.39, 0.29) is 0 Å². The van der Waals surface area contributed by atoms with E-state index in [1.165, 1.54) is 0 Å². The number of ether oxygens (including phenoxy) is 1. The van der Waals surface area contributed by atoms with Gasteiger partial charge in [0, 0.05) is 24.8 Å². The summed E-state index contributed by atoms with van der Waals surface area (Å²) in [6.45, 7) is 0.733. The Labute approximate surface area is 112 Å². The minimum absolute atomic E-state index is 0.670. The van der Waals surface area contributed by atoms with Crippen molar-refractivity contribution in [1.82, 2.24) is 14.9 Å². The van der Waals surface area contributed by atoms with E-state index >= 15 is 0 Å². The molecular formula is C13H16ClN3O. The molecule has 96 valence electrons. The molecule has 1 N–H and O–H groups in total. The molecule has 2 aromatic rings. The predicted octanol–water partition coefficient (Wildman–Crippen LogP) is 2.47. The standard InChI is InChI=1S/C13H16ClN3O/c1-15-7-10-8-17(2)13(16-10)11-6-9(14)4-5-12(11)18-3/h4-6,8,15H,7H2,1-3H3. The Balaban J connectivity index is 2.50. The number of aromatic nitrogens is 2. The van der Waals surface area contributed by atoms with Crippen molar-refractivity contribution in [2.75, 3.05) is 14.2 Å². The van der Waals surface area contributed by atoms with Crippen molar-refractivity contribution in [3.8, 4) is 17.1 Å². The molecule has 0 fully saturated rings. The second kappa shape index (κ2) is 5.42. The SMILES string of the molecule is CNCc1cn(C)c(-c2cc(Cl)ccc2OC)n1. The van der Waals surface area contributed by atoms with E-state index in [0.717, 1.165) is 29.4 Å². The van der Waals surface area contributed by atoms with E-state index in [1.807, 2.05) is 37.0 Å². The Hall–Kier alpha value is -1.52. The maximum Gasteiger partial charge on any atom is 0.143 e. The first-order valence-corrected chi connectivity index (χ1v) is 6.04. The lowest BCUT2D eigenvalue weighted by molar-refractivity contribution is 0.416. The average Bonchev–Trinajstić information content (AvgIpc) is 2.70. The molecule has 4 nitrogen and oxygen atoms in total. The summed E-state index contributed by atoms with van der Waals surface area (Å²) in [7, 11) is 5.50. The summed E-state index contributed by atoms with van der Waals surface area (Å²) in [6, 6.07) is 5.53. The van der Waals surface area contributed by atoms with E-state index in [9.17, 15) is 0 Å². The van der Waals surface area contributed by atoms with Gasteiger partial charge in [0.15, 0.2) is 0 Å². The smallest absolute Gasteiger partial charge is 0.143 e. The van der Waals surface area contributed by atoms with Crippen molar-refractivity contribution in [1.29, 1.82) is 0 Å².